The Morgan fingerprint density at radius 3 is 2.71 bits per heavy atom. The summed E-state index contributed by atoms with van der Waals surface area (Å²) < 4.78 is 0.819. The van der Waals surface area contributed by atoms with E-state index in [-0.39, 0.29) is 12.5 Å². The molecule has 0 bridgehead atoms. The van der Waals surface area contributed by atoms with Gasteiger partial charge in [0.25, 0.3) is 5.91 Å². The van der Waals surface area contributed by atoms with Crippen molar-refractivity contribution in [2.45, 2.75) is 25.8 Å². The van der Waals surface area contributed by atoms with Gasteiger partial charge in [-0.05, 0) is 31.5 Å². The SMILES string of the molecule is CCC(C)(CO)NC(=O)c1ccc(Br)cc1Cl. The quantitative estimate of drug-likeness (QED) is 0.896. The zero-order chi connectivity index (χ0) is 13.1. The molecule has 94 valence electrons. The van der Waals surface area contributed by atoms with Gasteiger partial charge in [-0.2, -0.15) is 0 Å². The van der Waals surface area contributed by atoms with Gasteiger partial charge in [0, 0.05) is 4.47 Å². The molecular formula is C12H15BrClNO2. The van der Waals surface area contributed by atoms with E-state index in [0.29, 0.717) is 17.0 Å². The van der Waals surface area contributed by atoms with Crippen LogP contribution < -0.4 is 5.32 Å². The average Bonchev–Trinajstić information content (AvgIpc) is 2.28. The van der Waals surface area contributed by atoms with Gasteiger partial charge in [0.2, 0.25) is 0 Å². The summed E-state index contributed by atoms with van der Waals surface area (Å²) >= 11 is 9.26. The second kappa shape index (κ2) is 5.85. The van der Waals surface area contributed by atoms with Gasteiger partial charge >= 0.3 is 0 Å². The summed E-state index contributed by atoms with van der Waals surface area (Å²) in [4.78, 5) is 12.0. The van der Waals surface area contributed by atoms with E-state index in [2.05, 4.69) is 21.2 Å². The minimum Gasteiger partial charge on any atom is -0.394 e. The van der Waals surface area contributed by atoms with E-state index in [9.17, 15) is 9.90 Å². The molecule has 1 amide bonds. The Morgan fingerprint density at radius 2 is 2.24 bits per heavy atom. The van der Waals surface area contributed by atoms with E-state index in [1.165, 1.54) is 0 Å². The largest absolute Gasteiger partial charge is 0.394 e. The van der Waals surface area contributed by atoms with Gasteiger partial charge in [-0.15, -0.1) is 0 Å². The monoisotopic (exact) mass is 319 g/mol. The second-order valence-corrected chi connectivity index (χ2v) is 5.47. The van der Waals surface area contributed by atoms with E-state index in [0.717, 1.165) is 4.47 Å². The fraction of sp³-hybridized carbons (Fsp3) is 0.417. The molecule has 5 heteroatoms. The van der Waals surface area contributed by atoms with E-state index < -0.39 is 5.54 Å². The molecule has 0 aromatic heterocycles. The lowest BCUT2D eigenvalue weighted by molar-refractivity contribution is 0.0847. The van der Waals surface area contributed by atoms with Crippen molar-refractivity contribution < 1.29 is 9.90 Å². The molecule has 1 aromatic carbocycles. The zero-order valence-electron chi connectivity index (χ0n) is 9.76. The number of amides is 1. The summed E-state index contributed by atoms with van der Waals surface area (Å²) in [6.07, 6.45) is 0.642. The molecule has 1 aromatic rings. The van der Waals surface area contributed by atoms with Crippen molar-refractivity contribution in [1.29, 1.82) is 0 Å². The van der Waals surface area contributed by atoms with Crippen molar-refractivity contribution in [3.63, 3.8) is 0 Å². The first-order valence-electron chi connectivity index (χ1n) is 5.30. The molecule has 3 nitrogen and oxygen atoms in total. The fourth-order valence-corrected chi connectivity index (χ4v) is 2.01. The van der Waals surface area contributed by atoms with Crippen LogP contribution in [0.5, 0.6) is 0 Å². The maximum absolute atomic E-state index is 12.0. The number of nitrogens with one attached hydrogen (secondary N) is 1. The minimum absolute atomic E-state index is 0.108. The molecule has 1 unspecified atom stereocenters. The minimum atomic E-state index is -0.618. The predicted octanol–water partition coefficient (Wildman–Crippen LogP) is 2.99. The molecule has 0 aliphatic rings. The van der Waals surface area contributed by atoms with E-state index in [1.807, 2.05) is 6.92 Å². The number of carbonyl (C=O) groups excluding carboxylic acids is 1. The van der Waals surface area contributed by atoms with Gasteiger partial charge in [-0.25, -0.2) is 0 Å². The van der Waals surface area contributed by atoms with Gasteiger partial charge in [0.15, 0.2) is 0 Å². The molecule has 0 spiro atoms. The lowest BCUT2D eigenvalue weighted by atomic mass is 9.99. The Bertz CT molecular complexity index is 419. The molecule has 0 aliphatic heterocycles. The standard InChI is InChI=1S/C12H15BrClNO2/c1-3-12(2,7-16)15-11(17)9-5-4-8(13)6-10(9)14/h4-6,16H,3,7H2,1-2H3,(H,15,17). The van der Waals surface area contributed by atoms with E-state index in [4.69, 9.17) is 11.6 Å². The highest BCUT2D eigenvalue weighted by Crippen LogP contribution is 2.22. The molecule has 1 rings (SSSR count). The van der Waals surface area contributed by atoms with E-state index in [1.54, 1.807) is 25.1 Å². The Labute approximate surface area is 114 Å². The van der Waals surface area contributed by atoms with Crippen molar-refractivity contribution >= 4 is 33.4 Å². The number of hydrogen-bond acceptors (Lipinski definition) is 2. The van der Waals surface area contributed by atoms with Crippen molar-refractivity contribution in [2.75, 3.05) is 6.61 Å². The maximum Gasteiger partial charge on any atom is 0.253 e. The molecule has 2 N–H and O–H groups in total. The molecule has 0 aliphatic carbocycles. The van der Waals surface area contributed by atoms with Crippen LogP contribution in [-0.2, 0) is 0 Å². The first-order chi connectivity index (χ1) is 7.91. The van der Waals surface area contributed by atoms with E-state index >= 15 is 0 Å². The Hall–Kier alpha value is -0.580. The third kappa shape index (κ3) is 3.69. The summed E-state index contributed by atoms with van der Waals surface area (Å²) in [6.45, 7) is 3.58. The van der Waals surface area contributed by atoms with Crippen LogP contribution in [0, 0.1) is 0 Å². The number of carbonyl (C=O) groups is 1. The number of benzene rings is 1. The summed E-state index contributed by atoms with van der Waals surface area (Å²) in [5.41, 5.74) is -0.212. The van der Waals surface area contributed by atoms with Crippen molar-refractivity contribution in [2.24, 2.45) is 0 Å². The molecule has 0 saturated heterocycles. The summed E-state index contributed by atoms with van der Waals surface area (Å²) in [5.74, 6) is -0.277. The molecule has 0 saturated carbocycles. The molecule has 0 fully saturated rings. The molecule has 0 heterocycles. The third-order valence-electron chi connectivity index (χ3n) is 2.72. The van der Waals surface area contributed by atoms with Gasteiger partial charge in [0.1, 0.15) is 0 Å². The summed E-state index contributed by atoms with van der Waals surface area (Å²) in [6, 6.07) is 5.07. The molecule has 0 radical (unpaired) electrons. The fourth-order valence-electron chi connectivity index (χ4n) is 1.25. The molecular weight excluding hydrogens is 305 g/mol. The lowest BCUT2D eigenvalue weighted by Gasteiger charge is -2.27. The van der Waals surface area contributed by atoms with Crippen LogP contribution in [0.15, 0.2) is 22.7 Å². The van der Waals surface area contributed by atoms with Crippen molar-refractivity contribution in [3.8, 4) is 0 Å². The first kappa shape index (κ1) is 14.5. The number of rotatable bonds is 4. The smallest absolute Gasteiger partial charge is 0.253 e. The maximum atomic E-state index is 12.0. The van der Waals surface area contributed by atoms with Gasteiger partial charge in [-0.3, -0.25) is 4.79 Å². The normalized spacial score (nSPS) is 14.2. The van der Waals surface area contributed by atoms with Crippen LogP contribution in [-0.4, -0.2) is 23.2 Å². The van der Waals surface area contributed by atoms with Crippen LogP contribution >= 0.6 is 27.5 Å². The van der Waals surface area contributed by atoms with Gasteiger partial charge in [0.05, 0.1) is 22.7 Å². The van der Waals surface area contributed by atoms with Crippen LogP contribution in [0.1, 0.15) is 30.6 Å². The molecule has 1 atom stereocenters. The zero-order valence-corrected chi connectivity index (χ0v) is 12.1. The van der Waals surface area contributed by atoms with Crippen LogP contribution in [0.4, 0.5) is 0 Å². The Morgan fingerprint density at radius 1 is 1.59 bits per heavy atom. The second-order valence-electron chi connectivity index (χ2n) is 4.15. The number of aliphatic hydroxyl groups is 1. The highest BCUT2D eigenvalue weighted by atomic mass is 79.9. The first-order valence-corrected chi connectivity index (χ1v) is 6.47. The highest BCUT2D eigenvalue weighted by molar-refractivity contribution is 9.10. The van der Waals surface area contributed by atoms with Crippen LogP contribution in [0.2, 0.25) is 5.02 Å². The average molecular weight is 321 g/mol. The van der Waals surface area contributed by atoms with Crippen molar-refractivity contribution in [1.82, 2.24) is 5.32 Å². The Balaban J connectivity index is 2.90. The summed E-state index contributed by atoms with van der Waals surface area (Å²) in [5, 5.41) is 12.4. The van der Waals surface area contributed by atoms with Gasteiger partial charge in [-0.1, -0.05) is 34.5 Å². The number of hydrogen-bond donors (Lipinski definition) is 2. The summed E-state index contributed by atoms with van der Waals surface area (Å²) in [7, 11) is 0. The topological polar surface area (TPSA) is 49.3 Å². The van der Waals surface area contributed by atoms with Crippen LogP contribution in [0.3, 0.4) is 0 Å². The number of aliphatic hydroxyl groups excluding tert-OH is 1. The van der Waals surface area contributed by atoms with Crippen molar-refractivity contribution in [3.05, 3.63) is 33.3 Å². The van der Waals surface area contributed by atoms with Gasteiger partial charge < -0.3 is 10.4 Å². The predicted molar refractivity (Wildman–Crippen MR) is 72.4 cm³/mol. The molecule has 17 heavy (non-hydrogen) atoms. The number of halogens is 2. The third-order valence-corrected chi connectivity index (χ3v) is 3.53. The Kier molecular flexibility index (Phi) is 4.98. The lowest BCUT2D eigenvalue weighted by Crippen LogP contribution is -2.48. The van der Waals surface area contributed by atoms with Crippen LogP contribution in [0.25, 0.3) is 0 Å². The highest BCUT2D eigenvalue weighted by Gasteiger charge is 2.24.